The van der Waals surface area contributed by atoms with Gasteiger partial charge in [0.15, 0.2) is 0 Å². The van der Waals surface area contributed by atoms with Crippen LogP contribution in [-0.2, 0) is 0 Å². The molecule has 0 bridgehead atoms. The van der Waals surface area contributed by atoms with Crippen LogP contribution in [0.5, 0.6) is 5.75 Å². The summed E-state index contributed by atoms with van der Waals surface area (Å²) in [6, 6.07) is 3.61. The number of hydrogen-bond donors (Lipinski definition) is 0. The summed E-state index contributed by atoms with van der Waals surface area (Å²) in [5.74, 6) is -0.361. The van der Waals surface area contributed by atoms with Crippen molar-refractivity contribution in [2.75, 3.05) is 0 Å². The third-order valence-corrected chi connectivity index (χ3v) is 1.92. The lowest BCUT2D eigenvalue weighted by molar-refractivity contribution is -0.385. The Labute approximate surface area is 89.0 Å². The lowest BCUT2D eigenvalue weighted by atomic mass is 10.1. The molecule has 0 aliphatic rings. The van der Waals surface area contributed by atoms with Crippen LogP contribution in [0.2, 0.25) is 0 Å². The van der Waals surface area contributed by atoms with Crippen LogP contribution in [0, 0.1) is 28.4 Å². The molecule has 1 aromatic carbocycles. The fraction of sp³-hybridized carbons (Fsp3) is 0.222. The molecule has 0 radical (unpaired) electrons. The molecule has 0 atom stereocenters. The number of ether oxygens (including phenoxy) is 1. The molecule has 0 heterocycles. The smallest absolute Gasteiger partial charge is 0.387 e. The first-order chi connectivity index (χ1) is 7.47. The van der Waals surface area contributed by atoms with Crippen LogP contribution in [0.3, 0.4) is 0 Å². The van der Waals surface area contributed by atoms with E-state index in [-0.39, 0.29) is 22.6 Å². The van der Waals surface area contributed by atoms with E-state index >= 15 is 0 Å². The maximum atomic E-state index is 12.0. The third-order valence-electron chi connectivity index (χ3n) is 1.92. The summed E-state index contributed by atoms with van der Waals surface area (Å²) in [4.78, 5) is 9.84. The van der Waals surface area contributed by atoms with E-state index in [9.17, 15) is 18.9 Å². The second-order valence-electron chi connectivity index (χ2n) is 2.83. The monoisotopic (exact) mass is 228 g/mol. The first-order valence-corrected chi connectivity index (χ1v) is 4.10. The molecule has 16 heavy (non-hydrogen) atoms. The molecule has 1 aromatic rings. The summed E-state index contributed by atoms with van der Waals surface area (Å²) in [7, 11) is 0. The van der Waals surface area contributed by atoms with Crippen molar-refractivity contribution in [1.82, 2.24) is 0 Å². The van der Waals surface area contributed by atoms with Crippen molar-refractivity contribution in [3.8, 4) is 11.8 Å². The van der Waals surface area contributed by atoms with Crippen molar-refractivity contribution >= 4 is 5.69 Å². The van der Waals surface area contributed by atoms with E-state index in [1.807, 2.05) is 0 Å². The van der Waals surface area contributed by atoms with Crippen LogP contribution >= 0.6 is 0 Å². The highest BCUT2D eigenvalue weighted by atomic mass is 19.3. The van der Waals surface area contributed by atoms with Crippen molar-refractivity contribution in [3.05, 3.63) is 33.4 Å². The maximum Gasteiger partial charge on any atom is 0.387 e. The molecule has 0 fully saturated rings. The number of halogens is 2. The highest BCUT2D eigenvalue weighted by Crippen LogP contribution is 2.29. The zero-order valence-corrected chi connectivity index (χ0v) is 8.11. The van der Waals surface area contributed by atoms with Gasteiger partial charge in [-0.3, -0.25) is 10.1 Å². The fourth-order valence-corrected chi connectivity index (χ4v) is 1.21. The van der Waals surface area contributed by atoms with E-state index in [0.29, 0.717) is 0 Å². The van der Waals surface area contributed by atoms with E-state index in [2.05, 4.69) is 4.74 Å². The minimum Gasteiger partial charge on any atom is -0.433 e. The Morgan fingerprint density at radius 3 is 2.62 bits per heavy atom. The molecule has 5 nitrogen and oxygen atoms in total. The molecule has 0 aromatic heterocycles. The molecule has 0 unspecified atom stereocenters. The second kappa shape index (κ2) is 4.53. The number of nitro benzene ring substituents is 1. The Morgan fingerprint density at radius 2 is 2.19 bits per heavy atom. The largest absolute Gasteiger partial charge is 0.433 e. The van der Waals surface area contributed by atoms with E-state index in [0.717, 1.165) is 12.1 Å². The van der Waals surface area contributed by atoms with Crippen LogP contribution in [-0.4, -0.2) is 11.5 Å². The number of hydrogen-bond acceptors (Lipinski definition) is 4. The van der Waals surface area contributed by atoms with Gasteiger partial charge in [0.1, 0.15) is 17.4 Å². The molecule has 7 heteroatoms. The van der Waals surface area contributed by atoms with Gasteiger partial charge >= 0.3 is 6.61 Å². The minimum absolute atomic E-state index is 0.00523. The number of nitrogens with zero attached hydrogens (tertiary/aromatic N) is 2. The summed E-state index contributed by atoms with van der Waals surface area (Å²) in [5.41, 5.74) is -0.557. The summed E-state index contributed by atoms with van der Waals surface area (Å²) in [5, 5.41) is 19.3. The lowest BCUT2D eigenvalue weighted by Crippen LogP contribution is -2.05. The Balaban J connectivity index is 3.31. The van der Waals surface area contributed by atoms with Gasteiger partial charge in [-0.15, -0.1) is 0 Å². The van der Waals surface area contributed by atoms with Gasteiger partial charge < -0.3 is 4.74 Å². The van der Waals surface area contributed by atoms with E-state index in [1.165, 1.54) is 6.92 Å². The van der Waals surface area contributed by atoms with Crippen molar-refractivity contribution in [1.29, 1.82) is 5.26 Å². The zero-order chi connectivity index (χ0) is 12.3. The molecule has 0 saturated carbocycles. The van der Waals surface area contributed by atoms with Gasteiger partial charge in [-0.1, -0.05) is 0 Å². The average molecular weight is 228 g/mol. The maximum absolute atomic E-state index is 12.0. The molecule has 0 N–H and O–H groups in total. The van der Waals surface area contributed by atoms with Crippen molar-refractivity contribution in [2.45, 2.75) is 13.5 Å². The summed E-state index contributed by atoms with van der Waals surface area (Å²) < 4.78 is 28.0. The van der Waals surface area contributed by atoms with Crippen LogP contribution < -0.4 is 4.74 Å². The van der Waals surface area contributed by atoms with Gasteiger partial charge in [-0.25, -0.2) is 0 Å². The fourth-order valence-electron chi connectivity index (χ4n) is 1.21. The normalized spacial score (nSPS) is 9.94. The SMILES string of the molecule is Cc1c([N+](=O)[O-])ccc(OC(F)F)c1C#N. The molecular formula is C9H6F2N2O3. The molecule has 0 aliphatic heterocycles. The van der Waals surface area contributed by atoms with E-state index in [1.54, 1.807) is 6.07 Å². The van der Waals surface area contributed by atoms with E-state index < -0.39 is 11.5 Å². The van der Waals surface area contributed by atoms with Crippen molar-refractivity contribution in [2.24, 2.45) is 0 Å². The second-order valence-corrected chi connectivity index (χ2v) is 2.83. The Bertz CT molecular complexity index is 469. The average Bonchev–Trinajstić information content (AvgIpc) is 2.16. The number of benzene rings is 1. The summed E-state index contributed by atoms with van der Waals surface area (Å²) in [6.07, 6.45) is 0. The van der Waals surface area contributed by atoms with Crippen LogP contribution in [0.1, 0.15) is 11.1 Å². The molecule has 0 aliphatic carbocycles. The molecular weight excluding hydrogens is 222 g/mol. The van der Waals surface area contributed by atoms with Gasteiger partial charge in [0.05, 0.1) is 4.92 Å². The van der Waals surface area contributed by atoms with Crippen LogP contribution in [0.15, 0.2) is 12.1 Å². The van der Waals surface area contributed by atoms with E-state index in [4.69, 9.17) is 5.26 Å². The third kappa shape index (κ3) is 2.23. The topological polar surface area (TPSA) is 76.2 Å². The number of rotatable bonds is 3. The first-order valence-electron chi connectivity index (χ1n) is 4.10. The Hall–Kier alpha value is -2.23. The van der Waals surface area contributed by atoms with Crippen LogP contribution in [0.4, 0.5) is 14.5 Å². The molecule has 1 rings (SSSR count). The highest BCUT2D eigenvalue weighted by Gasteiger charge is 2.19. The number of nitriles is 1. The summed E-state index contributed by atoms with van der Waals surface area (Å²) >= 11 is 0. The molecule has 0 spiro atoms. The minimum atomic E-state index is -3.08. The zero-order valence-electron chi connectivity index (χ0n) is 8.11. The number of nitro groups is 1. The van der Waals surface area contributed by atoms with Gasteiger partial charge in [-0.05, 0) is 13.0 Å². The quantitative estimate of drug-likeness (QED) is 0.587. The Morgan fingerprint density at radius 1 is 1.56 bits per heavy atom. The van der Waals surface area contributed by atoms with Gasteiger partial charge in [0, 0.05) is 11.6 Å². The lowest BCUT2D eigenvalue weighted by Gasteiger charge is -2.08. The van der Waals surface area contributed by atoms with Gasteiger partial charge in [0.2, 0.25) is 0 Å². The summed E-state index contributed by atoms with van der Waals surface area (Å²) in [6.45, 7) is -1.78. The molecule has 84 valence electrons. The van der Waals surface area contributed by atoms with Gasteiger partial charge in [-0.2, -0.15) is 14.0 Å². The van der Waals surface area contributed by atoms with Crippen molar-refractivity contribution < 1.29 is 18.4 Å². The predicted molar refractivity (Wildman–Crippen MR) is 49.2 cm³/mol. The molecule has 0 amide bonds. The standard InChI is InChI=1S/C9H6F2N2O3/c1-5-6(4-12)8(16-9(10)11)3-2-7(5)13(14)15/h2-3,9H,1H3. The predicted octanol–water partition coefficient (Wildman–Crippen LogP) is 2.38. The Kier molecular flexibility index (Phi) is 3.35. The van der Waals surface area contributed by atoms with Gasteiger partial charge in [0.25, 0.3) is 5.69 Å². The van der Waals surface area contributed by atoms with Crippen LogP contribution in [0.25, 0.3) is 0 Å². The first kappa shape index (κ1) is 11.8. The highest BCUT2D eigenvalue weighted by molar-refractivity contribution is 5.57. The number of alkyl halides is 2. The molecule has 0 saturated heterocycles. The van der Waals surface area contributed by atoms with Crippen molar-refractivity contribution in [3.63, 3.8) is 0 Å².